The van der Waals surface area contributed by atoms with Gasteiger partial charge in [0, 0.05) is 7.05 Å². The van der Waals surface area contributed by atoms with Gasteiger partial charge >= 0.3 is 0 Å². The summed E-state index contributed by atoms with van der Waals surface area (Å²) in [5.41, 5.74) is 6.45. The lowest BCUT2D eigenvalue weighted by molar-refractivity contribution is 0.340. The van der Waals surface area contributed by atoms with Crippen LogP contribution in [-0.2, 0) is 7.05 Å². The minimum Gasteiger partial charge on any atom is -0.492 e. The molecule has 17 heavy (non-hydrogen) atoms. The van der Waals surface area contributed by atoms with Crippen LogP contribution in [0, 0.1) is 0 Å². The Bertz CT molecular complexity index is 508. The van der Waals surface area contributed by atoms with Crippen molar-refractivity contribution in [3.8, 4) is 17.2 Å². The normalized spacial score (nSPS) is 10.2. The molecule has 0 unspecified atom stereocenters. The predicted octanol–water partition coefficient (Wildman–Crippen LogP) is 2.19. The van der Waals surface area contributed by atoms with E-state index in [1.54, 1.807) is 23.1 Å². The molecule has 0 saturated carbocycles. The van der Waals surface area contributed by atoms with Crippen molar-refractivity contribution < 1.29 is 9.47 Å². The van der Waals surface area contributed by atoms with E-state index in [1.807, 2.05) is 26.1 Å². The smallest absolute Gasteiger partial charge is 0.165 e. The minimum atomic E-state index is 0.498. The summed E-state index contributed by atoms with van der Waals surface area (Å²) in [4.78, 5) is 0. The van der Waals surface area contributed by atoms with Crippen molar-refractivity contribution in [2.45, 2.75) is 6.92 Å². The average molecular weight is 233 g/mol. The van der Waals surface area contributed by atoms with Gasteiger partial charge < -0.3 is 15.2 Å². The molecule has 0 spiro atoms. The van der Waals surface area contributed by atoms with Crippen LogP contribution < -0.4 is 15.2 Å². The lowest BCUT2D eigenvalue weighted by Crippen LogP contribution is -1.98. The Morgan fingerprint density at radius 1 is 1.35 bits per heavy atom. The molecule has 2 N–H and O–H groups in total. The van der Waals surface area contributed by atoms with Crippen molar-refractivity contribution >= 4 is 5.69 Å². The summed E-state index contributed by atoms with van der Waals surface area (Å²) in [6.45, 7) is 2.48. The first kappa shape index (κ1) is 11.3. The number of anilines is 1. The van der Waals surface area contributed by atoms with E-state index in [9.17, 15) is 0 Å². The first-order chi connectivity index (χ1) is 8.20. The number of aromatic nitrogens is 2. The number of rotatable bonds is 4. The van der Waals surface area contributed by atoms with Crippen LogP contribution >= 0.6 is 0 Å². The van der Waals surface area contributed by atoms with Gasteiger partial charge in [-0.1, -0.05) is 6.07 Å². The second kappa shape index (κ2) is 4.78. The summed E-state index contributed by atoms with van der Waals surface area (Å²) >= 11 is 0. The molecule has 0 saturated heterocycles. The van der Waals surface area contributed by atoms with Crippen molar-refractivity contribution in [1.29, 1.82) is 0 Å². The van der Waals surface area contributed by atoms with Gasteiger partial charge in [0.2, 0.25) is 0 Å². The van der Waals surface area contributed by atoms with Crippen LogP contribution in [0.4, 0.5) is 5.69 Å². The van der Waals surface area contributed by atoms with Crippen LogP contribution in [0.25, 0.3) is 0 Å². The molecule has 5 nitrogen and oxygen atoms in total. The van der Waals surface area contributed by atoms with Crippen LogP contribution in [-0.4, -0.2) is 16.4 Å². The minimum absolute atomic E-state index is 0.498. The van der Waals surface area contributed by atoms with Crippen LogP contribution in [0.15, 0.2) is 30.6 Å². The zero-order valence-electron chi connectivity index (χ0n) is 9.88. The summed E-state index contributed by atoms with van der Waals surface area (Å²) in [6.07, 6.45) is 3.40. The zero-order chi connectivity index (χ0) is 12.3. The van der Waals surface area contributed by atoms with Gasteiger partial charge in [0.1, 0.15) is 11.4 Å². The third-order valence-corrected chi connectivity index (χ3v) is 2.23. The van der Waals surface area contributed by atoms with Gasteiger partial charge in [0.05, 0.1) is 19.0 Å². The van der Waals surface area contributed by atoms with Gasteiger partial charge in [0.15, 0.2) is 11.5 Å². The lowest BCUT2D eigenvalue weighted by atomic mass is 10.2. The summed E-state index contributed by atoms with van der Waals surface area (Å²) < 4.78 is 12.7. The number of hydrogen-bond acceptors (Lipinski definition) is 4. The number of para-hydroxylation sites is 1. The Kier molecular flexibility index (Phi) is 3.18. The third kappa shape index (κ3) is 2.50. The number of aryl methyl sites for hydroxylation is 1. The predicted molar refractivity (Wildman–Crippen MR) is 65.3 cm³/mol. The zero-order valence-corrected chi connectivity index (χ0v) is 9.88. The number of nitrogens with zero attached hydrogens (tertiary/aromatic N) is 2. The van der Waals surface area contributed by atoms with E-state index in [-0.39, 0.29) is 0 Å². The van der Waals surface area contributed by atoms with Crippen LogP contribution in [0.2, 0.25) is 0 Å². The number of nitrogens with two attached hydrogens (primary N) is 1. The first-order valence-corrected chi connectivity index (χ1v) is 5.38. The molecule has 2 rings (SSSR count). The Hall–Kier alpha value is -2.17. The van der Waals surface area contributed by atoms with Crippen molar-refractivity contribution in [1.82, 2.24) is 9.78 Å². The van der Waals surface area contributed by atoms with Gasteiger partial charge in [-0.25, -0.2) is 0 Å². The fourth-order valence-electron chi connectivity index (χ4n) is 1.47. The molecule has 0 atom stereocenters. The molecule has 0 fully saturated rings. The third-order valence-electron chi connectivity index (χ3n) is 2.23. The molecule has 0 aliphatic heterocycles. The van der Waals surface area contributed by atoms with E-state index < -0.39 is 0 Å². The average Bonchev–Trinajstić information content (AvgIpc) is 2.70. The quantitative estimate of drug-likeness (QED) is 0.822. The standard InChI is InChI=1S/C12H15N3O2/c1-3-16-10-5-4-6-11(12(10)13)17-9-7-14-15(2)8-9/h4-8H,3,13H2,1-2H3. The van der Waals surface area contributed by atoms with Crippen molar-refractivity contribution in [3.05, 3.63) is 30.6 Å². The molecule has 0 bridgehead atoms. The van der Waals surface area contributed by atoms with Gasteiger partial charge in [-0.05, 0) is 19.1 Å². The molecule has 1 aromatic heterocycles. The van der Waals surface area contributed by atoms with Gasteiger partial charge in [0.25, 0.3) is 0 Å². The highest BCUT2D eigenvalue weighted by Gasteiger charge is 2.08. The molecule has 0 amide bonds. The largest absolute Gasteiger partial charge is 0.492 e. The van der Waals surface area contributed by atoms with E-state index in [0.717, 1.165) is 0 Å². The maximum Gasteiger partial charge on any atom is 0.165 e. The Morgan fingerprint density at radius 2 is 2.12 bits per heavy atom. The second-order valence-corrected chi connectivity index (χ2v) is 3.55. The SMILES string of the molecule is CCOc1cccc(Oc2cnn(C)c2)c1N. The van der Waals surface area contributed by atoms with Crippen LogP contribution in [0.1, 0.15) is 6.92 Å². The number of nitrogen functional groups attached to an aromatic ring is 1. The molecular weight excluding hydrogens is 218 g/mol. The number of benzene rings is 1. The highest BCUT2D eigenvalue weighted by Crippen LogP contribution is 2.34. The monoisotopic (exact) mass is 233 g/mol. The maximum absolute atomic E-state index is 5.95. The first-order valence-electron chi connectivity index (χ1n) is 5.38. The van der Waals surface area contributed by atoms with Gasteiger partial charge in [-0.3, -0.25) is 4.68 Å². The molecule has 0 radical (unpaired) electrons. The molecule has 5 heteroatoms. The van der Waals surface area contributed by atoms with E-state index in [2.05, 4.69) is 5.10 Å². The van der Waals surface area contributed by atoms with Crippen LogP contribution in [0.3, 0.4) is 0 Å². The Morgan fingerprint density at radius 3 is 2.76 bits per heavy atom. The molecular formula is C12H15N3O2. The molecule has 2 aromatic rings. The second-order valence-electron chi connectivity index (χ2n) is 3.55. The summed E-state index contributed by atoms with van der Waals surface area (Å²) in [7, 11) is 1.83. The van der Waals surface area contributed by atoms with Crippen molar-refractivity contribution in [3.63, 3.8) is 0 Å². The van der Waals surface area contributed by atoms with E-state index in [1.165, 1.54) is 0 Å². The van der Waals surface area contributed by atoms with Crippen LogP contribution in [0.5, 0.6) is 17.2 Å². The lowest BCUT2D eigenvalue weighted by Gasteiger charge is -2.10. The highest BCUT2D eigenvalue weighted by molar-refractivity contribution is 5.63. The maximum atomic E-state index is 5.95. The molecule has 90 valence electrons. The Labute approximate surface area is 99.8 Å². The molecule has 1 aromatic carbocycles. The number of ether oxygens (including phenoxy) is 2. The highest BCUT2D eigenvalue weighted by atomic mass is 16.5. The van der Waals surface area contributed by atoms with Crippen molar-refractivity contribution in [2.24, 2.45) is 7.05 Å². The Balaban J connectivity index is 2.23. The van der Waals surface area contributed by atoms with E-state index in [0.29, 0.717) is 29.5 Å². The fraction of sp³-hybridized carbons (Fsp3) is 0.250. The van der Waals surface area contributed by atoms with E-state index in [4.69, 9.17) is 15.2 Å². The van der Waals surface area contributed by atoms with E-state index >= 15 is 0 Å². The molecule has 1 heterocycles. The molecule has 0 aliphatic carbocycles. The summed E-state index contributed by atoms with van der Waals surface area (Å²) in [5.74, 6) is 1.85. The summed E-state index contributed by atoms with van der Waals surface area (Å²) in [5, 5.41) is 4.02. The topological polar surface area (TPSA) is 62.3 Å². The van der Waals surface area contributed by atoms with Crippen molar-refractivity contribution in [2.75, 3.05) is 12.3 Å². The number of hydrogen-bond donors (Lipinski definition) is 1. The van der Waals surface area contributed by atoms with Gasteiger partial charge in [-0.2, -0.15) is 5.10 Å². The van der Waals surface area contributed by atoms with Gasteiger partial charge in [-0.15, -0.1) is 0 Å². The molecule has 0 aliphatic rings. The summed E-state index contributed by atoms with van der Waals surface area (Å²) in [6, 6.07) is 5.45. The fourth-order valence-corrected chi connectivity index (χ4v) is 1.47.